The summed E-state index contributed by atoms with van der Waals surface area (Å²) in [6, 6.07) is 0. The zero-order valence-corrected chi connectivity index (χ0v) is 12.2. The summed E-state index contributed by atoms with van der Waals surface area (Å²) >= 11 is 0. The van der Waals surface area contributed by atoms with Crippen LogP contribution in [0.1, 0.15) is 0 Å². The maximum Gasteiger partial charge on any atom is 1.00 e. The fourth-order valence-electron chi connectivity index (χ4n) is 0. The average Bonchev–Trinajstić information content (AvgIpc) is 0.722. The third-order valence-corrected chi connectivity index (χ3v) is 0. The van der Waals surface area contributed by atoms with Crippen molar-refractivity contribution in [3.63, 3.8) is 0 Å². The predicted octanol–water partition coefficient (Wildman–Crippen LogP) is -13.5. The van der Waals surface area contributed by atoms with Crippen LogP contribution >= 0.6 is 0 Å². The van der Waals surface area contributed by atoms with Gasteiger partial charge in [-0.1, -0.05) is 0 Å². The van der Waals surface area contributed by atoms with Crippen LogP contribution in [0.15, 0.2) is 0 Å². The Bertz CT molecular complexity index is 26.8. The third-order valence-electron chi connectivity index (χ3n) is 0. The van der Waals surface area contributed by atoms with E-state index in [1.807, 2.05) is 0 Å². The van der Waals surface area contributed by atoms with E-state index in [1.165, 1.54) is 0 Å². The first kappa shape index (κ1) is 22.5. The van der Waals surface area contributed by atoms with Crippen molar-refractivity contribution in [1.82, 2.24) is 0 Å². The van der Waals surface area contributed by atoms with E-state index in [-0.39, 0.29) is 88.7 Å². The van der Waals surface area contributed by atoms with E-state index < -0.39 is 9.05 Å². The van der Waals surface area contributed by atoms with Crippen molar-refractivity contribution in [3.8, 4) is 0 Å². The molecule has 32 valence electrons. The molecule has 8 heteroatoms. The fourth-order valence-corrected chi connectivity index (χ4v) is 0. The van der Waals surface area contributed by atoms with Crippen LogP contribution in [0.3, 0.4) is 0 Å². The van der Waals surface area contributed by atoms with Crippen LogP contribution in [0.5, 0.6) is 0 Å². The van der Waals surface area contributed by atoms with Gasteiger partial charge in [0.25, 0.3) is 0 Å². The van der Waals surface area contributed by atoms with Crippen molar-refractivity contribution in [2.75, 3.05) is 0 Å². The molecule has 0 amide bonds. The van der Waals surface area contributed by atoms with Gasteiger partial charge >= 0.3 is 88.7 Å². The summed E-state index contributed by atoms with van der Waals surface area (Å²) in [7, 11) is -5.36. The molecule has 0 atom stereocenters. The van der Waals surface area contributed by atoms with E-state index in [9.17, 15) is 0 Å². The molecule has 0 spiro atoms. The Hall–Kier alpha value is 3.06. The molecule has 0 aromatic rings. The summed E-state index contributed by atoms with van der Waals surface area (Å²) < 4.78 is 0. The minimum atomic E-state index is -5.36. The van der Waals surface area contributed by atoms with Crippen LogP contribution in [0, 0.1) is 0 Å². The first-order valence-electron chi connectivity index (χ1n) is 0.836. The molecule has 4 nitrogen and oxygen atoms in total. The predicted molar refractivity (Wildman–Crippen MR) is 7.97 cm³/mol. The SMILES string of the molecule is [Na+].[Na+].[Na+].[O-][Si]([O-])([O-])O. The summed E-state index contributed by atoms with van der Waals surface area (Å²) in [6.07, 6.45) is 0. The van der Waals surface area contributed by atoms with Gasteiger partial charge in [0.05, 0.1) is 0 Å². The van der Waals surface area contributed by atoms with Crippen molar-refractivity contribution in [1.29, 1.82) is 0 Å². The van der Waals surface area contributed by atoms with Gasteiger partial charge in [0.1, 0.15) is 0 Å². The second kappa shape index (κ2) is 10.1. The van der Waals surface area contributed by atoms with Gasteiger partial charge in [0.2, 0.25) is 0 Å². The molecule has 0 fully saturated rings. The van der Waals surface area contributed by atoms with Crippen LogP contribution in [0.25, 0.3) is 0 Å². The molecule has 0 saturated carbocycles. The van der Waals surface area contributed by atoms with Gasteiger partial charge in [0, 0.05) is 0 Å². The number of hydrogen-bond donors (Lipinski definition) is 1. The van der Waals surface area contributed by atoms with Crippen molar-refractivity contribution in [2.45, 2.75) is 0 Å². The van der Waals surface area contributed by atoms with Gasteiger partial charge in [0.15, 0.2) is 0 Å². The van der Waals surface area contributed by atoms with E-state index in [4.69, 9.17) is 19.2 Å². The van der Waals surface area contributed by atoms with Crippen molar-refractivity contribution >= 4 is 9.05 Å². The van der Waals surface area contributed by atoms with E-state index in [1.54, 1.807) is 0 Å². The second-order valence-electron chi connectivity index (χ2n) is 0.524. The molecular formula is HNa3O4Si. The molecule has 0 aromatic heterocycles. The van der Waals surface area contributed by atoms with E-state index in [0.717, 1.165) is 0 Å². The summed E-state index contributed by atoms with van der Waals surface area (Å²) in [5.41, 5.74) is 0. The van der Waals surface area contributed by atoms with E-state index in [0.29, 0.717) is 0 Å². The third kappa shape index (κ3) is 62.9. The molecule has 0 unspecified atom stereocenters. The molecular weight excluding hydrogens is 161 g/mol. The molecule has 0 bridgehead atoms. The Balaban J connectivity index is -0.0000000267. The Labute approximate surface area is 115 Å². The van der Waals surface area contributed by atoms with E-state index in [2.05, 4.69) is 0 Å². The number of rotatable bonds is 0. The van der Waals surface area contributed by atoms with Crippen LogP contribution < -0.4 is 103 Å². The van der Waals surface area contributed by atoms with Gasteiger partial charge < -0.3 is 19.2 Å². The first-order valence-corrected chi connectivity index (χ1v) is 2.51. The van der Waals surface area contributed by atoms with Gasteiger partial charge in [-0.25, -0.2) is 0 Å². The van der Waals surface area contributed by atoms with Crippen LogP contribution in [-0.2, 0) is 0 Å². The molecule has 0 rings (SSSR count). The molecule has 0 saturated heterocycles. The summed E-state index contributed by atoms with van der Waals surface area (Å²) in [5.74, 6) is 0. The van der Waals surface area contributed by atoms with Gasteiger partial charge in [-0.15, -0.1) is 9.05 Å². The number of hydrogen-bond acceptors (Lipinski definition) is 4. The molecule has 0 aromatic carbocycles. The Morgan fingerprint density at radius 1 is 0.875 bits per heavy atom. The molecule has 0 radical (unpaired) electrons. The molecule has 1 N–H and O–H groups in total. The Morgan fingerprint density at radius 2 is 0.875 bits per heavy atom. The largest absolute Gasteiger partial charge is 1.00 e. The minimum absolute atomic E-state index is 0. The molecule has 0 aliphatic rings. The maximum absolute atomic E-state index is 8.69. The smallest absolute Gasteiger partial charge is 0.861 e. The van der Waals surface area contributed by atoms with Crippen molar-refractivity contribution in [2.24, 2.45) is 0 Å². The van der Waals surface area contributed by atoms with E-state index >= 15 is 0 Å². The molecule has 0 heterocycles. The molecule has 0 aliphatic heterocycles. The summed E-state index contributed by atoms with van der Waals surface area (Å²) in [5, 5.41) is 0. The molecule has 0 aliphatic carbocycles. The Kier molecular flexibility index (Phi) is 28.2. The summed E-state index contributed by atoms with van der Waals surface area (Å²) in [6.45, 7) is 0. The van der Waals surface area contributed by atoms with Gasteiger partial charge in [-0.3, -0.25) is 0 Å². The average molecular weight is 162 g/mol. The van der Waals surface area contributed by atoms with Crippen LogP contribution in [0.4, 0.5) is 0 Å². The topological polar surface area (TPSA) is 89.4 Å². The van der Waals surface area contributed by atoms with Crippen LogP contribution in [-0.4, -0.2) is 13.8 Å². The van der Waals surface area contributed by atoms with Gasteiger partial charge in [-0.05, 0) is 0 Å². The second-order valence-corrected chi connectivity index (χ2v) is 1.57. The zero-order valence-electron chi connectivity index (χ0n) is 5.17. The van der Waals surface area contributed by atoms with Crippen LogP contribution in [0.2, 0.25) is 0 Å². The zero-order chi connectivity index (χ0) is 4.50. The fraction of sp³-hybridized carbons (Fsp3) is 0. The normalized spacial score (nSPS) is 7.50. The monoisotopic (exact) mass is 162 g/mol. The standard InChI is InChI=1S/3Na.HO4Si/c;;;1-5(2,3)4/h;;;1H/q3*+1;-3. The molecule has 8 heavy (non-hydrogen) atoms. The summed E-state index contributed by atoms with van der Waals surface area (Å²) in [4.78, 5) is 33.1. The minimum Gasteiger partial charge on any atom is -0.861 e. The van der Waals surface area contributed by atoms with Crippen molar-refractivity contribution in [3.05, 3.63) is 0 Å². The first-order chi connectivity index (χ1) is 2.00. The van der Waals surface area contributed by atoms with Crippen molar-refractivity contribution < 1.29 is 108 Å². The van der Waals surface area contributed by atoms with Gasteiger partial charge in [-0.2, -0.15) is 0 Å². The quantitative estimate of drug-likeness (QED) is 0.358. The maximum atomic E-state index is 8.69. The Morgan fingerprint density at radius 3 is 0.875 bits per heavy atom.